The van der Waals surface area contributed by atoms with Gasteiger partial charge in [-0.15, -0.1) is 0 Å². The minimum Gasteiger partial charge on any atom is -0.492 e. The summed E-state index contributed by atoms with van der Waals surface area (Å²) >= 11 is 0. The van der Waals surface area contributed by atoms with Gasteiger partial charge < -0.3 is 19.3 Å². The molecule has 2 aromatic rings. The van der Waals surface area contributed by atoms with Crippen molar-refractivity contribution in [2.45, 2.75) is 42.6 Å². The Bertz CT molecular complexity index is 1500. The summed E-state index contributed by atoms with van der Waals surface area (Å²) in [6, 6.07) is 6.13. The monoisotopic (exact) mass is 588 g/mol. The lowest BCUT2D eigenvalue weighted by atomic mass is 9.94. The van der Waals surface area contributed by atoms with Gasteiger partial charge in [0.1, 0.15) is 17.1 Å². The summed E-state index contributed by atoms with van der Waals surface area (Å²) < 4.78 is 58.7. The Morgan fingerprint density at radius 2 is 1.93 bits per heavy atom. The van der Waals surface area contributed by atoms with Gasteiger partial charge in [-0.1, -0.05) is 18.2 Å². The van der Waals surface area contributed by atoms with Crippen LogP contribution in [0, 0.1) is 11.7 Å². The number of amides is 1. The number of benzene rings is 2. The molecule has 12 heteroatoms. The second-order valence-electron chi connectivity index (χ2n) is 10.9. The summed E-state index contributed by atoms with van der Waals surface area (Å²) in [5.74, 6) is -0.861. The SMILES string of the molecule is COC(=O)c1c(N(C(=O)OC)S(=O)(=O)c2ccc(F)cc2/C=C\CN2CCC(C)(O)CC2)ccc2c1OC[C@@H]1C[C@H]21. The highest BCUT2D eigenvalue weighted by atomic mass is 32.2. The maximum atomic E-state index is 14.3. The number of likely N-dealkylation sites (tertiary alicyclic amines) is 1. The number of sulfonamides is 1. The highest BCUT2D eigenvalue weighted by molar-refractivity contribution is 7.93. The van der Waals surface area contributed by atoms with Gasteiger partial charge in [0.15, 0.2) is 0 Å². The van der Waals surface area contributed by atoms with Crippen molar-refractivity contribution in [3.63, 3.8) is 0 Å². The van der Waals surface area contributed by atoms with Gasteiger partial charge in [-0.25, -0.2) is 22.4 Å². The quantitative estimate of drug-likeness (QED) is 0.480. The van der Waals surface area contributed by atoms with Crippen LogP contribution in [0.1, 0.15) is 53.6 Å². The smallest absolute Gasteiger partial charge is 0.428 e. The van der Waals surface area contributed by atoms with E-state index in [1.165, 1.54) is 12.1 Å². The highest BCUT2D eigenvalue weighted by Crippen LogP contribution is 2.56. The third-order valence-electron chi connectivity index (χ3n) is 7.96. The predicted molar refractivity (Wildman–Crippen MR) is 148 cm³/mol. The first-order valence-electron chi connectivity index (χ1n) is 13.4. The number of hydrogen-bond donors (Lipinski definition) is 1. The van der Waals surface area contributed by atoms with Crippen LogP contribution in [0.15, 0.2) is 41.3 Å². The molecule has 41 heavy (non-hydrogen) atoms. The topological polar surface area (TPSA) is 123 Å². The molecule has 0 spiro atoms. The largest absolute Gasteiger partial charge is 0.492 e. The molecule has 0 aromatic heterocycles. The summed E-state index contributed by atoms with van der Waals surface area (Å²) in [6.45, 7) is 3.90. The first-order valence-corrected chi connectivity index (χ1v) is 14.8. The van der Waals surface area contributed by atoms with Gasteiger partial charge in [0.2, 0.25) is 0 Å². The Kier molecular flexibility index (Phi) is 7.84. The molecule has 2 aromatic carbocycles. The van der Waals surface area contributed by atoms with Crippen LogP contribution in [-0.4, -0.2) is 76.5 Å². The first-order chi connectivity index (χ1) is 19.5. The second-order valence-corrected chi connectivity index (χ2v) is 12.7. The minimum atomic E-state index is -4.75. The number of piperidine rings is 1. The fourth-order valence-corrected chi connectivity index (χ4v) is 6.99. The fraction of sp³-hybridized carbons (Fsp3) is 0.448. The maximum Gasteiger partial charge on any atom is 0.428 e. The summed E-state index contributed by atoms with van der Waals surface area (Å²) in [5, 5.41) is 10.2. The zero-order chi connectivity index (χ0) is 29.5. The molecule has 1 saturated carbocycles. The summed E-state index contributed by atoms with van der Waals surface area (Å²) in [6.07, 6.45) is 3.99. The summed E-state index contributed by atoms with van der Waals surface area (Å²) in [4.78, 5) is 27.8. The average molecular weight is 589 g/mol. The normalized spacial score (nSPS) is 21.4. The van der Waals surface area contributed by atoms with Crippen LogP contribution >= 0.6 is 0 Å². The molecule has 3 aliphatic rings. The van der Waals surface area contributed by atoms with Gasteiger partial charge in [0.25, 0.3) is 10.0 Å². The van der Waals surface area contributed by atoms with E-state index in [4.69, 9.17) is 14.2 Å². The number of carbonyl (C=O) groups is 2. The summed E-state index contributed by atoms with van der Waals surface area (Å²) in [5.41, 5.74) is -0.451. The van der Waals surface area contributed by atoms with E-state index in [1.54, 1.807) is 19.1 Å². The predicted octanol–water partition coefficient (Wildman–Crippen LogP) is 3.93. The van der Waals surface area contributed by atoms with Gasteiger partial charge in [-0.2, -0.15) is 4.31 Å². The van der Waals surface area contributed by atoms with E-state index in [0.29, 0.717) is 49.3 Å². The van der Waals surface area contributed by atoms with Crippen molar-refractivity contribution >= 4 is 33.8 Å². The molecule has 1 amide bonds. The third-order valence-corrected chi connectivity index (χ3v) is 9.72. The van der Waals surface area contributed by atoms with Crippen LogP contribution in [0.3, 0.4) is 0 Å². The Hall–Kier alpha value is -3.48. The van der Waals surface area contributed by atoms with Gasteiger partial charge in [0, 0.05) is 25.6 Å². The van der Waals surface area contributed by atoms with E-state index >= 15 is 0 Å². The molecule has 220 valence electrons. The molecule has 0 radical (unpaired) electrons. The van der Waals surface area contributed by atoms with Gasteiger partial charge in [-0.05, 0) is 67.5 Å². The van der Waals surface area contributed by atoms with Crippen LogP contribution in [-0.2, 0) is 19.5 Å². The Morgan fingerprint density at radius 1 is 1.20 bits per heavy atom. The molecule has 2 fully saturated rings. The Morgan fingerprint density at radius 3 is 2.61 bits per heavy atom. The zero-order valence-electron chi connectivity index (χ0n) is 23.1. The van der Waals surface area contributed by atoms with Crippen molar-refractivity contribution in [1.29, 1.82) is 0 Å². The molecule has 1 saturated heterocycles. The van der Waals surface area contributed by atoms with Crippen molar-refractivity contribution < 1.29 is 41.7 Å². The number of methoxy groups -OCH3 is 2. The van der Waals surface area contributed by atoms with E-state index < -0.39 is 33.5 Å². The molecule has 2 heterocycles. The van der Waals surface area contributed by atoms with E-state index in [0.717, 1.165) is 44.4 Å². The van der Waals surface area contributed by atoms with E-state index in [-0.39, 0.29) is 33.4 Å². The molecule has 1 aliphatic carbocycles. The molecule has 2 atom stereocenters. The highest BCUT2D eigenvalue weighted by Gasteiger charge is 2.47. The van der Waals surface area contributed by atoms with E-state index in [1.807, 2.05) is 0 Å². The van der Waals surface area contributed by atoms with E-state index in [9.17, 15) is 27.5 Å². The van der Waals surface area contributed by atoms with Crippen molar-refractivity contribution in [2.24, 2.45) is 5.92 Å². The van der Waals surface area contributed by atoms with Crippen LogP contribution in [0.4, 0.5) is 14.9 Å². The number of nitrogens with zero attached hydrogens (tertiary/aromatic N) is 2. The molecule has 5 rings (SSSR count). The number of hydrogen-bond acceptors (Lipinski definition) is 9. The first kappa shape index (κ1) is 29.0. The molecular weight excluding hydrogens is 555 g/mol. The van der Waals surface area contributed by atoms with Crippen LogP contribution < -0.4 is 9.04 Å². The zero-order valence-corrected chi connectivity index (χ0v) is 23.9. The number of fused-ring (bicyclic) bond motifs is 3. The molecule has 2 aliphatic heterocycles. The lowest BCUT2D eigenvalue weighted by Crippen LogP contribution is -2.42. The Labute approximate surface area is 238 Å². The number of ether oxygens (including phenoxy) is 3. The number of esters is 1. The van der Waals surface area contributed by atoms with Gasteiger partial charge in [0.05, 0.1) is 37.0 Å². The second kappa shape index (κ2) is 11.1. The van der Waals surface area contributed by atoms with Gasteiger partial charge >= 0.3 is 12.1 Å². The Balaban J connectivity index is 1.54. The van der Waals surface area contributed by atoms with Crippen molar-refractivity contribution in [2.75, 3.05) is 44.8 Å². The van der Waals surface area contributed by atoms with E-state index in [2.05, 4.69) is 4.90 Å². The van der Waals surface area contributed by atoms with Crippen molar-refractivity contribution in [1.82, 2.24) is 4.90 Å². The van der Waals surface area contributed by atoms with Crippen LogP contribution in [0.2, 0.25) is 0 Å². The molecule has 0 bridgehead atoms. The van der Waals surface area contributed by atoms with Crippen molar-refractivity contribution in [3.05, 3.63) is 58.9 Å². The lowest BCUT2D eigenvalue weighted by molar-refractivity contribution is -0.00242. The average Bonchev–Trinajstić information content (AvgIpc) is 3.73. The number of carbonyl (C=O) groups excluding carboxylic acids is 2. The molecule has 1 N–H and O–H groups in total. The standard InChI is InChI=1S/C29H33FN2O8S/c1-29(35)10-13-31(14-11-29)12-4-5-18-15-20(30)6-9-24(18)41(36,37)32(28(34)39-3)23-8-7-21-22-16-19(22)17-40-26(21)25(23)27(33)38-2/h4-9,15,19,22,35H,10-14,16-17H2,1-3H3/b5-4-/t19-,22-/m0/s1. The van der Waals surface area contributed by atoms with Gasteiger partial charge in [-0.3, -0.25) is 4.90 Å². The van der Waals surface area contributed by atoms with Crippen molar-refractivity contribution in [3.8, 4) is 5.75 Å². The molecule has 10 nitrogen and oxygen atoms in total. The number of halogens is 1. The fourth-order valence-electron chi connectivity index (χ4n) is 5.45. The minimum absolute atomic E-state index is 0.0116. The summed E-state index contributed by atoms with van der Waals surface area (Å²) in [7, 11) is -2.57. The molecular formula is C29H33FN2O8S. The van der Waals surface area contributed by atoms with Crippen LogP contribution in [0.25, 0.3) is 6.08 Å². The van der Waals surface area contributed by atoms with Crippen LogP contribution in [0.5, 0.6) is 5.75 Å². The number of anilines is 1. The molecule has 0 unspecified atom stereocenters. The lowest BCUT2D eigenvalue weighted by Gasteiger charge is -2.35. The number of rotatable bonds is 7. The number of aliphatic hydroxyl groups is 1. The third kappa shape index (κ3) is 5.68. The maximum absolute atomic E-state index is 14.3.